The number of halogens is 6. The van der Waals surface area contributed by atoms with E-state index in [1.54, 1.807) is 0 Å². The Morgan fingerprint density at radius 2 is 1.61 bits per heavy atom. The Balaban J connectivity index is 1.95. The molecule has 33 heavy (non-hydrogen) atoms. The number of alkyl halides is 3. The number of nitrogens with zero attached hydrogens (tertiary/aromatic N) is 2. The third kappa shape index (κ3) is 5.80. The number of carbonyl (C=O) groups excluding carboxylic acids is 2. The van der Waals surface area contributed by atoms with Crippen LogP contribution < -0.4 is 4.90 Å². The van der Waals surface area contributed by atoms with Gasteiger partial charge in [0.15, 0.2) is 0 Å². The molecule has 0 aliphatic carbocycles. The zero-order chi connectivity index (χ0) is 24.3. The summed E-state index contributed by atoms with van der Waals surface area (Å²) in [4.78, 5) is 27.3. The number of ether oxygens (including phenoxy) is 1. The molecular formula is C21H18F6N2O3S. The molecule has 0 atom stereocenters. The topological polar surface area (TPSA) is 49.9 Å². The molecule has 0 unspecified atom stereocenters. The lowest BCUT2D eigenvalue weighted by Crippen LogP contribution is -2.52. The van der Waals surface area contributed by atoms with Crippen LogP contribution in [0.25, 0.3) is 0 Å². The van der Waals surface area contributed by atoms with Crippen LogP contribution in [0.4, 0.5) is 36.8 Å². The number of anilines is 1. The van der Waals surface area contributed by atoms with Gasteiger partial charge in [0.25, 0.3) is 5.91 Å². The van der Waals surface area contributed by atoms with E-state index < -0.39 is 68.8 Å². The normalized spacial score (nSPS) is 14.8. The van der Waals surface area contributed by atoms with Crippen molar-refractivity contribution in [3.05, 3.63) is 59.4 Å². The van der Waals surface area contributed by atoms with Gasteiger partial charge in [0.2, 0.25) is 0 Å². The molecule has 2 aromatic carbocycles. The van der Waals surface area contributed by atoms with Crippen LogP contribution in [-0.4, -0.2) is 48.6 Å². The Morgan fingerprint density at radius 1 is 1.00 bits per heavy atom. The first kappa shape index (κ1) is 24.9. The highest BCUT2D eigenvalue weighted by atomic mass is 32.2. The number of hydrogen-bond acceptors (Lipinski definition) is 4. The molecule has 178 valence electrons. The van der Waals surface area contributed by atoms with Crippen LogP contribution in [0.2, 0.25) is 0 Å². The van der Waals surface area contributed by atoms with Gasteiger partial charge in [-0.05, 0) is 54.9 Å². The number of hydrogen-bond donors (Lipinski definition) is 0. The summed E-state index contributed by atoms with van der Waals surface area (Å²) in [6.07, 6.45) is 0.371. The van der Waals surface area contributed by atoms with Crippen molar-refractivity contribution in [2.75, 3.05) is 25.2 Å². The van der Waals surface area contributed by atoms with Gasteiger partial charge in [0.05, 0.1) is 5.69 Å². The number of thioether (sulfide) groups is 1. The van der Waals surface area contributed by atoms with Gasteiger partial charge in [-0.15, -0.1) is 0 Å². The van der Waals surface area contributed by atoms with Gasteiger partial charge in [-0.25, -0.2) is 18.0 Å². The largest absolute Gasteiger partial charge is 0.446 e. The fourth-order valence-corrected chi connectivity index (χ4v) is 3.96. The van der Waals surface area contributed by atoms with Crippen molar-refractivity contribution in [3.8, 4) is 0 Å². The van der Waals surface area contributed by atoms with Crippen molar-refractivity contribution in [2.24, 2.45) is 0 Å². The molecule has 0 bridgehead atoms. The van der Waals surface area contributed by atoms with E-state index in [1.807, 2.05) is 0 Å². The van der Waals surface area contributed by atoms with Crippen LogP contribution in [0.1, 0.15) is 23.2 Å². The summed E-state index contributed by atoms with van der Waals surface area (Å²) in [7, 11) is 1.11. The molecule has 0 N–H and O–H groups in total. The lowest BCUT2D eigenvalue weighted by Gasteiger charge is -2.35. The molecule has 2 aromatic rings. The highest BCUT2D eigenvalue weighted by Crippen LogP contribution is 2.38. The summed E-state index contributed by atoms with van der Waals surface area (Å²) >= 11 is -0.527. The number of amides is 3. The van der Waals surface area contributed by atoms with Crippen LogP contribution >= 0.6 is 11.8 Å². The van der Waals surface area contributed by atoms with E-state index in [0.717, 1.165) is 37.4 Å². The Hall–Kier alpha value is -2.73. The van der Waals surface area contributed by atoms with E-state index in [4.69, 9.17) is 4.74 Å². The molecule has 0 radical (unpaired) electrons. The van der Waals surface area contributed by atoms with Gasteiger partial charge in [-0.3, -0.25) is 14.6 Å². The van der Waals surface area contributed by atoms with Crippen molar-refractivity contribution in [1.29, 1.82) is 0 Å². The Labute approximate surface area is 189 Å². The van der Waals surface area contributed by atoms with E-state index in [9.17, 15) is 35.9 Å². The Kier molecular flexibility index (Phi) is 7.58. The number of urea groups is 1. The maximum absolute atomic E-state index is 14.6. The number of rotatable bonds is 4. The van der Waals surface area contributed by atoms with Gasteiger partial charge >= 0.3 is 11.5 Å². The highest BCUT2D eigenvalue weighted by molar-refractivity contribution is 8.00. The van der Waals surface area contributed by atoms with Gasteiger partial charge in [0, 0.05) is 31.2 Å². The quantitative estimate of drug-likeness (QED) is 0.412. The third-order valence-electron chi connectivity index (χ3n) is 4.96. The maximum Gasteiger partial charge on any atom is 0.446 e. The monoisotopic (exact) mass is 492 g/mol. The molecule has 1 fully saturated rings. The lowest BCUT2D eigenvalue weighted by atomic mass is 10.0. The summed E-state index contributed by atoms with van der Waals surface area (Å²) in [6, 6.07) is 3.44. The van der Waals surface area contributed by atoms with Crippen LogP contribution in [0.15, 0.2) is 41.3 Å². The predicted molar refractivity (Wildman–Crippen MR) is 108 cm³/mol. The number of imide groups is 1. The van der Waals surface area contributed by atoms with E-state index >= 15 is 0 Å². The standard InChI is InChI=1S/C21H18F6N2O3S/c1-28(17-6-5-13(11-16(17)24)33-21(25,26)27)20(31)29(12-7-9-32-10-8-12)19(30)18-14(22)3-2-4-15(18)23/h2-6,11-12H,7-10H2,1H3. The Bertz CT molecular complexity index is 1020. The fraction of sp³-hybridized carbons (Fsp3) is 0.333. The van der Waals surface area contributed by atoms with Gasteiger partial charge < -0.3 is 4.74 Å². The second kappa shape index (κ2) is 10.0. The van der Waals surface area contributed by atoms with Crippen molar-refractivity contribution >= 4 is 29.4 Å². The highest BCUT2D eigenvalue weighted by Gasteiger charge is 2.37. The first-order valence-electron chi connectivity index (χ1n) is 9.68. The van der Waals surface area contributed by atoms with Crippen LogP contribution in [-0.2, 0) is 4.74 Å². The lowest BCUT2D eigenvalue weighted by molar-refractivity contribution is -0.0328. The fourth-order valence-electron chi connectivity index (χ4n) is 3.40. The number of carbonyl (C=O) groups is 2. The van der Waals surface area contributed by atoms with Crippen molar-refractivity contribution in [2.45, 2.75) is 29.3 Å². The average molecular weight is 492 g/mol. The average Bonchev–Trinajstić information content (AvgIpc) is 2.73. The molecule has 5 nitrogen and oxygen atoms in total. The molecule has 1 aliphatic heterocycles. The molecule has 0 spiro atoms. The third-order valence-corrected chi connectivity index (χ3v) is 5.68. The maximum atomic E-state index is 14.6. The minimum absolute atomic E-state index is 0.183. The summed E-state index contributed by atoms with van der Waals surface area (Å²) < 4.78 is 86.0. The molecule has 12 heteroatoms. The van der Waals surface area contributed by atoms with Gasteiger partial charge in [0.1, 0.15) is 23.0 Å². The smallest absolute Gasteiger partial charge is 0.381 e. The van der Waals surface area contributed by atoms with Crippen molar-refractivity contribution < 1.29 is 40.7 Å². The van der Waals surface area contributed by atoms with Gasteiger partial charge in [-0.2, -0.15) is 13.2 Å². The van der Waals surface area contributed by atoms with E-state index in [-0.39, 0.29) is 26.1 Å². The summed E-state index contributed by atoms with van der Waals surface area (Å²) in [6.45, 7) is 0.367. The minimum atomic E-state index is -4.63. The molecule has 0 saturated carbocycles. The second-order valence-electron chi connectivity index (χ2n) is 7.12. The molecule has 1 aliphatic rings. The van der Waals surface area contributed by atoms with E-state index in [1.165, 1.54) is 0 Å². The summed E-state index contributed by atoms with van der Waals surface area (Å²) in [5, 5.41) is 0. The first-order valence-corrected chi connectivity index (χ1v) is 10.5. The summed E-state index contributed by atoms with van der Waals surface area (Å²) in [5.41, 5.74) is -5.99. The Morgan fingerprint density at radius 3 is 2.15 bits per heavy atom. The SMILES string of the molecule is CN(C(=O)N(C(=O)c1c(F)cccc1F)C1CCOCC1)c1ccc(SC(F)(F)F)cc1F. The van der Waals surface area contributed by atoms with Crippen LogP contribution in [0.5, 0.6) is 0 Å². The van der Waals surface area contributed by atoms with Crippen molar-refractivity contribution in [1.82, 2.24) is 4.90 Å². The first-order chi connectivity index (χ1) is 15.5. The van der Waals surface area contributed by atoms with Gasteiger partial charge in [-0.1, -0.05) is 6.07 Å². The van der Waals surface area contributed by atoms with Crippen LogP contribution in [0.3, 0.4) is 0 Å². The second-order valence-corrected chi connectivity index (χ2v) is 8.26. The van der Waals surface area contributed by atoms with Crippen LogP contribution in [0, 0.1) is 17.5 Å². The summed E-state index contributed by atoms with van der Waals surface area (Å²) in [5.74, 6) is -4.74. The van der Waals surface area contributed by atoms with Crippen molar-refractivity contribution in [3.63, 3.8) is 0 Å². The zero-order valence-corrected chi connectivity index (χ0v) is 18.0. The molecular weight excluding hydrogens is 474 g/mol. The zero-order valence-electron chi connectivity index (χ0n) is 17.2. The minimum Gasteiger partial charge on any atom is -0.381 e. The molecule has 0 aromatic heterocycles. The molecule has 3 amide bonds. The molecule has 1 heterocycles. The molecule has 3 rings (SSSR count). The van der Waals surface area contributed by atoms with E-state index in [2.05, 4.69) is 0 Å². The molecule has 1 saturated heterocycles. The van der Waals surface area contributed by atoms with E-state index in [0.29, 0.717) is 15.9 Å². The number of benzene rings is 2. The predicted octanol–water partition coefficient (Wildman–Crippen LogP) is 5.59.